The summed E-state index contributed by atoms with van der Waals surface area (Å²) in [6.45, 7) is 1.46. The highest BCUT2D eigenvalue weighted by Crippen LogP contribution is 2.23. The van der Waals surface area contributed by atoms with Gasteiger partial charge in [0, 0.05) is 30.8 Å². The number of rotatable bonds is 4. The summed E-state index contributed by atoms with van der Waals surface area (Å²) >= 11 is 0. The number of amides is 1. The lowest BCUT2D eigenvalue weighted by atomic mass is 9.95. The molecule has 1 amide bonds. The molecule has 1 fully saturated rings. The van der Waals surface area contributed by atoms with Gasteiger partial charge in [0.05, 0.1) is 19.0 Å². The Kier molecular flexibility index (Phi) is 4.79. The highest BCUT2D eigenvalue weighted by molar-refractivity contribution is 5.92. The van der Waals surface area contributed by atoms with E-state index in [0.717, 1.165) is 43.1 Å². The van der Waals surface area contributed by atoms with E-state index in [-0.39, 0.29) is 17.4 Å². The second kappa shape index (κ2) is 7.16. The van der Waals surface area contributed by atoms with Gasteiger partial charge in [-0.1, -0.05) is 0 Å². The second-order valence-electron chi connectivity index (χ2n) is 5.78. The molecule has 3 rings (SSSR count). The van der Waals surface area contributed by atoms with Crippen LogP contribution in [0.2, 0.25) is 0 Å². The summed E-state index contributed by atoms with van der Waals surface area (Å²) < 4.78 is 5.10. The molecule has 7 nitrogen and oxygen atoms in total. The summed E-state index contributed by atoms with van der Waals surface area (Å²) in [7, 11) is 1.61. The minimum atomic E-state index is -0.216. The molecule has 1 aromatic heterocycles. The number of anilines is 2. The zero-order chi connectivity index (χ0) is 16.9. The quantitative estimate of drug-likeness (QED) is 0.891. The number of methoxy groups -OCH3 is 1. The number of nitrogens with zero attached hydrogens (tertiary/aromatic N) is 2. The summed E-state index contributed by atoms with van der Waals surface area (Å²) in [5, 5.41) is 9.13. The molecule has 1 aliphatic heterocycles. The Hall–Kier alpha value is -2.83. The van der Waals surface area contributed by atoms with Crippen LogP contribution in [0.5, 0.6) is 5.75 Å². The third-order valence-electron chi connectivity index (χ3n) is 4.24. The van der Waals surface area contributed by atoms with Crippen molar-refractivity contribution in [3.05, 3.63) is 46.9 Å². The van der Waals surface area contributed by atoms with Crippen LogP contribution < -0.4 is 20.5 Å². The summed E-state index contributed by atoms with van der Waals surface area (Å²) in [5.41, 5.74) is 1.35. The van der Waals surface area contributed by atoms with Gasteiger partial charge in [0.2, 0.25) is 5.91 Å². The lowest BCUT2D eigenvalue weighted by molar-refractivity contribution is -0.120. The van der Waals surface area contributed by atoms with E-state index in [0.29, 0.717) is 0 Å². The molecule has 24 heavy (non-hydrogen) atoms. The molecule has 0 saturated carbocycles. The topological polar surface area (TPSA) is 87.3 Å². The molecule has 1 aromatic carbocycles. The maximum Gasteiger partial charge on any atom is 0.266 e. The first kappa shape index (κ1) is 16.0. The Morgan fingerprint density at radius 3 is 2.62 bits per heavy atom. The summed E-state index contributed by atoms with van der Waals surface area (Å²) in [4.78, 5) is 25.8. The molecule has 0 aliphatic carbocycles. The largest absolute Gasteiger partial charge is 0.497 e. The summed E-state index contributed by atoms with van der Waals surface area (Å²) in [5.74, 6) is 0.759. The van der Waals surface area contributed by atoms with E-state index < -0.39 is 0 Å². The minimum Gasteiger partial charge on any atom is -0.497 e. The number of hydrogen-bond acceptors (Lipinski definition) is 5. The molecule has 0 spiro atoms. The zero-order valence-corrected chi connectivity index (χ0v) is 13.5. The van der Waals surface area contributed by atoms with Gasteiger partial charge in [-0.05, 0) is 37.1 Å². The molecule has 2 aromatic rings. The highest BCUT2D eigenvalue weighted by atomic mass is 16.5. The van der Waals surface area contributed by atoms with Crippen molar-refractivity contribution in [2.45, 2.75) is 12.8 Å². The molecule has 2 N–H and O–H groups in total. The molecule has 2 heterocycles. The van der Waals surface area contributed by atoms with Crippen molar-refractivity contribution in [1.29, 1.82) is 0 Å². The van der Waals surface area contributed by atoms with Gasteiger partial charge in [-0.15, -0.1) is 0 Å². The van der Waals surface area contributed by atoms with Crippen LogP contribution in [0.1, 0.15) is 12.8 Å². The number of aromatic amines is 1. The molecular formula is C17H20N4O3. The fourth-order valence-electron chi connectivity index (χ4n) is 2.86. The molecule has 0 radical (unpaired) electrons. The van der Waals surface area contributed by atoms with E-state index in [4.69, 9.17) is 4.74 Å². The van der Waals surface area contributed by atoms with Gasteiger partial charge < -0.3 is 15.0 Å². The Balaban J connectivity index is 1.55. The van der Waals surface area contributed by atoms with Gasteiger partial charge in [-0.3, -0.25) is 9.59 Å². The standard InChI is InChI=1S/C17H20N4O3/c1-24-15-4-2-13(3-5-15)19-17(23)12-6-8-21(9-7-12)14-10-16(22)20-18-11-14/h2-5,10-12H,6-9H2,1H3,(H,19,23)(H,20,22). The number of H-pyrrole nitrogens is 1. The van der Waals surface area contributed by atoms with Crippen LogP contribution in [0.4, 0.5) is 11.4 Å². The van der Waals surface area contributed by atoms with Crippen LogP contribution in [0.3, 0.4) is 0 Å². The van der Waals surface area contributed by atoms with Gasteiger partial charge in [0.15, 0.2) is 0 Å². The van der Waals surface area contributed by atoms with Crippen LogP contribution in [0.15, 0.2) is 41.3 Å². The van der Waals surface area contributed by atoms with Crippen molar-refractivity contribution in [1.82, 2.24) is 10.2 Å². The maximum absolute atomic E-state index is 12.4. The Bertz CT molecular complexity index is 749. The van der Waals surface area contributed by atoms with Gasteiger partial charge in [-0.2, -0.15) is 5.10 Å². The number of carbonyl (C=O) groups excluding carboxylic acids is 1. The van der Waals surface area contributed by atoms with Crippen molar-refractivity contribution in [3.63, 3.8) is 0 Å². The van der Waals surface area contributed by atoms with E-state index in [2.05, 4.69) is 20.4 Å². The molecule has 0 atom stereocenters. The molecule has 1 saturated heterocycles. The molecule has 0 unspecified atom stereocenters. The smallest absolute Gasteiger partial charge is 0.266 e. The van der Waals surface area contributed by atoms with E-state index in [9.17, 15) is 9.59 Å². The van der Waals surface area contributed by atoms with E-state index in [1.165, 1.54) is 6.07 Å². The number of hydrogen-bond donors (Lipinski definition) is 2. The monoisotopic (exact) mass is 328 g/mol. The van der Waals surface area contributed by atoms with Gasteiger partial charge >= 0.3 is 0 Å². The molecule has 0 bridgehead atoms. The van der Waals surface area contributed by atoms with Crippen LogP contribution in [0.25, 0.3) is 0 Å². The predicted octanol–water partition coefficient (Wildman–Crippen LogP) is 1.63. The fraction of sp³-hybridized carbons (Fsp3) is 0.353. The average Bonchev–Trinajstić information content (AvgIpc) is 2.62. The minimum absolute atomic E-state index is 0.0293. The van der Waals surface area contributed by atoms with Crippen LogP contribution in [-0.4, -0.2) is 36.3 Å². The summed E-state index contributed by atoms with van der Waals surface area (Å²) in [6.07, 6.45) is 3.13. The fourth-order valence-corrected chi connectivity index (χ4v) is 2.86. The van der Waals surface area contributed by atoms with Gasteiger partial charge in [0.1, 0.15) is 5.75 Å². The average molecular weight is 328 g/mol. The summed E-state index contributed by atoms with van der Waals surface area (Å²) in [6, 6.07) is 8.82. The number of ether oxygens (including phenoxy) is 1. The third kappa shape index (κ3) is 3.73. The van der Waals surface area contributed by atoms with Crippen molar-refractivity contribution in [2.75, 3.05) is 30.4 Å². The predicted molar refractivity (Wildman–Crippen MR) is 91.4 cm³/mol. The van der Waals surface area contributed by atoms with Crippen LogP contribution in [0, 0.1) is 5.92 Å². The van der Waals surface area contributed by atoms with E-state index in [1.807, 2.05) is 24.3 Å². The van der Waals surface area contributed by atoms with Crippen LogP contribution >= 0.6 is 0 Å². The Morgan fingerprint density at radius 2 is 2.00 bits per heavy atom. The van der Waals surface area contributed by atoms with Crippen LogP contribution in [-0.2, 0) is 4.79 Å². The number of carbonyl (C=O) groups is 1. The molecule has 126 valence electrons. The van der Waals surface area contributed by atoms with E-state index in [1.54, 1.807) is 13.3 Å². The number of aromatic nitrogens is 2. The van der Waals surface area contributed by atoms with Crippen molar-refractivity contribution in [3.8, 4) is 5.75 Å². The first-order valence-corrected chi connectivity index (χ1v) is 7.90. The van der Waals surface area contributed by atoms with Gasteiger partial charge in [0.25, 0.3) is 5.56 Å². The molecule has 7 heteroatoms. The van der Waals surface area contributed by atoms with E-state index >= 15 is 0 Å². The van der Waals surface area contributed by atoms with Crippen molar-refractivity contribution >= 4 is 17.3 Å². The molecular weight excluding hydrogens is 308 g/mol. The zero-order valence-electron chi connectivity index (χ0n) is 13.5. The number of nitrogens with one attached hydrogen (secondary N) is 2. The lowest BCUT2D eigenvalue weighted by Gasteiger charge is -2.32. The van der Waals surface area contributed by atoms with Crippen molar-refractivity contribution in [2.24, 2.45) is 5.92 Å². The second-order valence-corrected chi connectivity index (χ2v) is 5.78. The first-order chi connectivity index (χ1) is 11.7. The van der Waals surface area contributed by atoms with Gasteiger partial charge in [-0.25, -0.2) is 5.10 Å². The molecule has 1 aliphatic rings. The first-order valence-electron chi connectivity index (χ1n) is 7.90. The highest BCUT2D eigenvalue weighted by Gasteiger charge is 2.25. The van der Waals surface area contributed by atoms with Crippen molar-refractivity contribution < 1.29 is 9.53 Å². The normalized spacial score (nSPS) is 15.1. The maximum atomic E-state index is 12.4. The SMILES string of the molecule is COc1ccc(NC(=O)C2CCN(c3cn[nH]c(=O)c3)CC2)cc1. The number of benzene rings is 1. The third-order valence-corrected chi connectivity index (χ3v) is 4.24. The Morgan fingerprint density at radius 1 is 1.29 bits per heavy atom. The number of piperidine rings is 1. The Labute approximate surface area is 139 Å². The lowest BCUT2D eigenvalue weighted by Crippen LogP contribution is -2.38.